The molecule has 0 aliphatic carbocycles. The van der Waals surface area contributed by atoms with Crippen LogP contribution in [0.15, 0.2) is 0 Å². The van der Waals surface area contributed by atoms with Gasteiger partial charge >= 0.3 is 0 Å². The molecule has 0 amide bonds. The first-order valence-corrected chi connectivity index (χ1v) is 6.45. The second-order valence-corrected chi connectivity index (χ2v) is 5.81. The highest BCUT2D eigenvalue weighted by Gasteiger charge is 2.18. The van der Waals surface area contributed by atoms with Crippen molar-refractivity contribution >= 4 is 15.6 Å². The lowest BCUT2D eigenvalue weighted by Crippen LogP contribution is -2.23. The summed E-state index contributed by atoms with van der Waals surface area (Å²) in [6.45, 7) is 2.02. The first-order chi connectivity index (χ1) is 5.97. The van der Waals surface area contributed by atoms with E-state index >= 15 is 0 Å². The Hall–Kier alpha value is -0.420. The van der Waals surface area contributed by atoms with Crippen molar-refractivity contribution in [2.24, 2.45) is 0 Å². The zero-order chi connectivity index (χ0) is 9.90. The molecule has 0 N–H and O–H groups in total. The van der Waals surface area contributed by atoms with Gasteiger partial charge in [0, 0.05) is 19.2 Å². The summed E-state index contributed by atoms with van der Waals surface area (Å²) in [6.07, 6.45) is 2.49. The first kappa shape index (κ1) is 10.7. The first-order valence-electron chi connectivity index (χ1n) is 4.39. The van der Waals surface area contributed by atoms with E-state index in [4.69, 9.17) is 0 Å². The van der Waals surface area contributed by atoms with Crippen LogP contribution in [0.4, 0.5) is 0 Å². The molecule has 0 aromatic carbocycles. The summed E-state index contributed by atoms with van der Waals surface area (Å²) in [6, 6.07) is 0. The van der Waals surface area contributed by atoms with Crippen LogP contribution in [-0.4, -0.2) is 50.7 Å². The standard InChI is InChI=1S/C8H15NO3S/c1-13(11,12)6-2-4-9-5-3-8(10)7-9/h2-7H2,1H3. The Morgan fingerprint density at radius 3 is 2.62 bits per heavy atom. The van der Waals surface area contributed by atoms with Crippen molar-refractivity contribution in [1.82, 2.24) is 4.90 Å². The Bertz CT molecular complexity index is 284. The zero-order valence-electron chi connectivity index (χ0n) is 7.82. The largest absolute Gasteiger partial charge is 0.298 e. The van der Waals surface area contributed by atoms with Crippen molar-refractivity contribution in [2.45, 2.75) is 12.8 Å². The van der Waals surface area contributed by atoms with Crippen molar-refractivity contribution in [2.75, 3.05) is 31.6 Å². The van der Waals surface area contributed by atoms with Gasteiger partial charge in [-0.25, -0.2) is 8.42 Å². The number of Topliss-reactive ketones (excluding diaryl/α,β-unsaturated/α-hetero) is 1. The predicted octanol–water partition coefficient (Wildman–Crippen LogP) is -0.304. The third-order valence-corrected chi connectivity index (χ3v) is 3.13. The topological polar surface area (TPSA) is 54.5 Å². The molecule has 0 radical (unpaired) electrons. The molecule has 4 nitrogen and oxygen atoms in total. The predicted molar refractivity (Wildman–Crippen MR) is 50.4 cm³/mol. The number of nitrogens with zero attached hydrogens (tertiary/aromatic N) is 1. The lowest BCUT2D eigenvalue weighted by molar-refractivity contribution is -0.116. The summed E-state index contributed by atoms with van der Waals surface area (Å²) >= 11 is 0. The molecule has 1 aliphatic heterocycles. The zero-order valence-corrected chi connectivity index (χ0v) is 8.64. The van der Waals surface area contributed by atoms with Crippen LogP contribution >= 0.6 is 0 Å². The molecule has 0 aromatic heterocycles. The van der Waals surface area contributed by atoms with Crippen LogP contribution in [0.1, 0.15) is 12.8 Å². The molecule has 1 rings (SSSR count). The van der Waals surface area contributed by atoms with Gasteiger partial charge in [-0.15, -0.1) is 0 Å². The average molecular weight is 205 g/mol. The van der Waals surface area contributed by atoms with Gasteiger partial charge in [0.05, 0.1) is 12.3 Å². The molecule has 0 unspecified atom stereocenters. The molecule has 1 saturated heterocycles. The minimum atomic E-state index is -2.84. The van der Waals surface area contributed by atoms with E-state index in [2.05, 4.69) is 0 Å². The summed E-state index contributed by atoms with van der Waals surface area (Å²) in [5.41, 5.74) is 0. The smallest absolute Gasteiger partial charge is 0.148 e. The maximum absolute atomic E-state index is 10.9. The number of hydrogen-bond acceptors (Lipinski definition) is 4. The fraction of sp³-hybridized carbons (Fsp3) is 0.875. The monoisotopic (exact) mass is 205 g/mol. The Morgan fingerprint density at radius 1 is 1.46 bits per heavy atom. The highest BCUT2D eigenvalue weighted by molar-refractivity contribution is 7.90. The fourth-order valence-electron chi connectivity index (χ4n) is 1.43. The minimum Gasteiger partial charge on any atom is -0.298 e. The lowest BCUT2D eigenvalue weighted by atomic mass is 10.4. The number of carbonyl (C=O) groups excluding carboxylic acids is 1. The van der Waals surface area contributed by atoms with Gasteiger partial charge in [-0.1, -0.05) is 0 Å². The highest BCUT2D eigenvalue weighted by Crippen LogP contribution is 2.04. The van der Waals surface area contributed by atoms with E-state index in [1.54, 1.807) is 0 Å². The van der Waals surface area contributed by atoms with Crippen molar-refractivity contribution in [3.63, 3.8) is 0 Å². The van der Waals surface area contributed by atoms with E-state index < -0.39 is 9.84 Å². The van der Waals surface area contributed by atoms with E-state index in [1.165, 1.54) is 6.26 Å². The summed E-state index contributed by atoms with van der Waals surface area (Å²) < 4.78 is 21.6. The molecule has 0 aromatic rings. The number of carbonyl (C=O) groups is 1. The number of rotatable bonds is 4. The van der Waals surface area contributed by atoms with Crippen LogP contribution in [-0.2, 0) is 14.6 Å². The van der Waals surface area contributed by atoms with Crippen molar-refractivity contribution < 1.29 is 13.2 Å². The van der Waals surface area contributed by atoms with Gasteiger partial charge in [-0.2, -0.15) is 0 Å². The van der Waals surface area contributed by atoms with E-state index in [0.717, 1.165) is 13.1 Å². The van der Waals surface area contributed by atoms with Crippen molar-refractivity contribution in [3.05, 3.63) is 0 Å². The molecule has 0 saturated carbocycles. The molecule has 0 atom stereocenters. The van der Waals surface area contributed by atoms with Crippen LogP contribution in [0.2, 0.25) is 0 Å². The van der Waals surface area contributed by atoms with E-state index in [9.17, 15) is 13.2 Å². The molecular formula is C8H15NO3S. The molecular weight excluding hydrogens is 190 g/mol. The lowest BCUT2D eigenvalue weighted by Gasteiger charge is -2.12. The van der Waals surface area contributed by atoms with Crippen molar-refractivity contribution in [1.29, 1.82) is 0 Å². The summed E-state index contributed by atoms with van der Waals surface area (Å²) in [7, 11) is -2.84. The molecule has 13 heavy (non-hydrogen) atoms. The van der Waals surface area contributed by atoms with E-state index in [-0.39, 0.29) is 11.5 Å². The number of ketones is 1. The normalized spacial score (nSPS) is 19.6. The minimum absolute atomic E-state index is 0.220. The Morgan fingerprint density at radius 2 is 2.15 bits per heavy atom. The summed E-state index contributed by atoms with van der Waals surface area (Å²) in [5, 5.41) is 0. The van der Waals surface area contributed by atoms with Crippen LogP contribution in [0, 0.1) is 0 Å². The van der Waals surface area contributed by atoms with Crippen LogP contribution in [0.5, 0.6) is 0 Å². The third-order valence-electron chi connectivity index (χ3n) is 2.10. The molecule has 0 spiro atoms. The SMILES string of the molecule is CS(=O)(=O)CCCN1CCC(=O)C1. The van der Waals surface area contributed by atoms with Gasteiger partial charge in [-0.3, -0.25) is 9.69 Å². The second-order valence-electron chi connectivity index (χ2n) is 3.55. The van der Waals surface area contributed by atoms with Crippen LogP contribution in [0.25, 0.3) is 0 Å². The molecule has 1 aliphatic rings. The number of hydrogen-bond donors (Lipinski definition) is 0. The summed E-state index contributed by atoms with van der Waals surface area (Å²) in [5.74, 6) is 0.483. The van der Waals surface area contributed by atoms with Gasteiger partial charge in [-0.05, 0) is 13.0 Å². The maximum Gasteiger partial charge on any atom is 0.148 e. The van der Waals surface area contributed by atoms with Gasteiger partial charge in [0.15, 0.2) is 0 Å². The van der Waals surface area contributed by atoms with Crippen LogP contribution in [0.3, 0.4) is 0 Å². The van der Waals surface area contributed by atoms with Gasteiger partial charge in [0.1, 0.15) is 15.6 Å². The Kier molecular flexibility index (Phi) is 3.44. The third kappa shape index (κ3) is 4.38. The average Bonchev–Trinajstić information content (AvgIpc) is 2.33. The maximum atomic E-state index is 10.9. The number of likely N-dealkylation sites (tertiary alicyclic amines) is 1. The van der Waals surface area contributed by atoms with Crippen LogP contribution < -0.4 is 0 Å². The molecule has 1 fully saturated rings. The Balaban J connectivity index is 2.17. The van der Waals surface area contributed by atoms with Crippen molar-refractivity contribution in [3.8, 4) is 0 Å². The highest BCUT2D eigenvalue weighted by atomic mass is 32.2. The van der Waals surface area contributed by atoms with Gasteiger partial charge in [0.25, 0.3) is 0 Å². The van der Waals surface area contributed by atoms with E-state index in [1.807, 2.05) is 4.90 Å². The number of sulfone groups is 1. The molecule has 76 valence electrons. The van der Waals surface area contributed by atoms with E-state index in [0.29, 0.717) is 19.4 Å². The quantitative estimate of drug-likeness (QED) is 0.632. The van der Waals surface area contributed by atoms with Gasteiger partial charge in [0.2, 0.25) is 0 Å². The van der Waals surface area contributed by atoms with Gasteiger partial charge < -0.3 is 0 Å². The second kappa shape index (κ2) is 4.19. The summed E-state index contributed by atoms with van der Waals surface area (Å²) in [4.78, 5) is 12.9. The molecule has 1 heterocycles. The Labute approximate surface area is 78.8 Å². The molecule has 5 heteroatoms. The molecule has 0 bridgehead atoms. The fourth-order valence-corrected chi connectivity index (χ4v) is 2.09.